The molecular formula is C8H12FNO. The molecule has 0 aromatic heterocycles. The predicted molar refractivity (Wildman–Crippen MR) is 39.6 cm³/mol. The minimum atomic E-state index is -1.30. The van der Waals surface area contributed by atoms with Crippen molar-refractivity contribution in [3.8, 4) is 0 Å². The molecule has 0 amide bonds. The first-order valence-corrected chi connectivity index (χ1v) is 4.05. The van der Waals surface area contributed by atoms with Gasteiger partial charge in [-0.1, -0.05) is 19.3 Å². The van der Waals surface area contributed by atoms with Crippen molar-refractivity contribution in [2.75, 3.05) is 0 Å². The summed E-state index contributed by atoms with van der Waals surface area (Å²) in [5.41, 5.74) is 0. The lowest BCUT2D eigenvalue weighted by Crippen LogP contribution is -2.16. The first-order valence-electron chi connectivity index (χ1n) is 4.05. The fraction of sp³-hybridized carbons (Fsp3) is 0.875. The highest BCUT2D eigenvalue weighted by Gasteiger charge is 2.22. The maximum Gasteiger partial charge on any atom is 0.237 e. The summed E-state index contributed by atoms with van der Waals surface area (Å²) in [5, 5.41) is 0. The van der Waals surface area contributed by atoms with Gasteiger partial charge in [0.2, 0.25) is 12.4 Å². The molecule has 62 valence electrons. The zero-order chi connectivity index (χ0) is 8.10. The molecule has 11 heavy (non-hydrogen) atoms. The van der Waals surface area contributed by atoms with Crippen molar-refractivity contribution in [2.24, 2.45) is 10.9 Å². The fourth-order valence-corrected chi connectivity index (χ4v) is 1.56. The van der Waals surface area contributed by atoms with Crippen molar-refractivity contribution >= 4 is 6.08 Å². The second kappa shape index (κ2) is 4.24. The maximum absolute atomic E-state index is 12.9. The van der Waals surface area contributed by atoms with Crippen LogP contribution in [0.1, 0.15) is 32.1 Å². The minimum Gasteiger partial charge on any atom is -0.221 e. The Morgan fingerprint density at radius 2 is 2.00 bits per heavy atom. The van der Waals surface area contributed by atoms with Crippen molar-refractivity contribution in [3.63, 3.8) is 0 Å². The van der Waals surface area contributed by atoms with Crippen LogP contribution in [0.2, 0.25) is 0 Å². The largest absolute Gasteiger partial charge is 0.237 e. The average Bonchev–Trinajstić information content (AvgIpc) is 2.07. The second-order valence-corrected chi connectivity index (χ2v) is 2.99. The summed E-state index contributed by atoms with van der Waals surface area (Å²) >= 11 is 0. The molecule has 0 spiro atoms. The number of hydrogen-bond donors (Lipinski definition) is 0. The predicted octanol–water partition coefficient (Wildman–Crippen LogP) is 2.20. The summed E-state index contributed by atoms with van der Waals surface area (Å²) in [4.78, 5) is 12.8. The molecule has 0 aromatic carbocycles. The van der Waals surface area contributed by atoms with Gasteiger partial charge in [0, 0.05) is 5.92 Å². The topological polar surface area (TPSA) is 29.4 Å². The molecule has 0 aliphatic heterocycles. The summed E-state index contributed by atoms with van der Waals surface area (Å²) in [6.45, 7) is 0. The third kappa shape index (κ3) is 2.43. The molecular weight excluding hydrogens is 145 g/mol. The molecule has 3 heteroatoms. The van der Waals surface area contributed by atoms with Crippen LogP contribution in [-0.2, 0) is 4.79 Å². The van der Waals surface area contributed by atoms with Crippen LogP contribution in [0.15, 0.2) is 4.99 Å². The van der Waals surface area contributed by atoms with E-state index in [4.69, 9.17) is 0 Å². The van der Waals surface area contributed by atoms with Crippen LogP contribution in [0.5, 0.6) is 0 Å². The SMILES string of the molecule is O=C=NC(F)C1CCCCC1. The number of isocyanates is 1. The fourth-order valence-electron chi connectivity index (χ4n) is 1.56. The molecule has 1 fully saturated rings. The molecule has 0 radical (unpaired) electrons. The highest BCUT2D eigenvalue weighted by atomic mass is 19.1. The molecule has 0 aromatic rings. The van der Waals surface area contributed by atoms with Crippen molar-refractivity contribution in [3.05, 3.63) is 0 Å². The first kappa shape index (κ1) is 8.41. The summed E-state index contributed by atoms with van der Waals surface area (Å²) in [6.07, 6.45) is 5.03. The van der Waals surface area contributed by atoms with Crippen LogP contribution in [0.25, 0.3) is 0 Å². The molecule has 0 N–H and O–H groups in total. The molecule has 1 atom stereocenters. The van der Waals surface area contributed by atoms with E-state index < -0.39 is 6.30 Å². The van der Waals surface area contributed by atoms with Gasteiger partial charge in [-0.3, -0.25) is 0 Å². The lowest BCUT2D eigenvalue weighted by molar-refractivity contribution is 0.188. The Hall–Kier alpha value is -0.690. The van der Waals surface area contributed by atoms with Gasteiger partial charge in [0.1, 0.15) is 0 Å². The number of aliphatic imine (C=N–C) groups is 1. The van der Waals surface area contributed by atoms with Gasteiger partial charge in [-0.25, -0.2) is 9.18 Å². The Labute approximate surface area is 65.5 Å². The lowest BCUT2D eigenvalue weighted by atomic mass is 9.89. The minimum absolute atomic E-state index is 0.0230. The highest BCUT2D eigenvalue weighted by molar-refractivity contribution is 5.33. The zero-order valence-electron chi connectivity index (χ0n) is 6.42. The van der Waals surface area contributed by atoms with Gasteiger partial charge in [-0.2, -0.15) is 4.99 Å². The van der Waals surface area contributed by atoms with Crippen molar-refractivity contribution in [1.82, 2.24) is 0 Å². The number of carbonyl (C=O) groups excluding carboxylic acids is 1. The van der Waals surface area contributed by atoms with Crippen LogP contribution < -0.4 is 0 Å². The maximum atomic E-state index is 12.9. The number of alkyl halides is 1. The third-order valence-corrected chi connectivity index (χ3v) is 2.21. The van der Waals surface area contributed by atoms with Gasteiger partial charge in [-0.05, 0) is 12.8 Å². The van der Waals surface area contributed by atoms with Gasteiger partial charge in [0.15, 0.2) is 0 Å². The second-order valence-electron chi connectivity index (χ2n) is 2.99. The molecule has 1 rings (SSSR count). The molecule has 1 aliphatic rings. The number of nitrogens with zero attached hydrogens (tertiary/aromatic N) is 1. The van der Waals surface area contributed by atoms with Crippen LogP contribution >= 0.6 is 0 Å². The summed E-state index contributed by atoms with van der Waals surface area (Å²) in [7, 11) is 0. The Morgan fingerprint density at radius 1 is 1.36 bits per heavy atom. The lowest BCUT2D eigenvalue weighted by Gasteiger charge is -2.21. The third-order valence-electron chi connectivity index (χ3n) is 2.21. The number of rotatable bonds is 2. The van der Waals surface area contributed by atoms with Crippen molar-refractivity contribution in [2.45, 2.75) is 38.4 Å². The average molecular weight is 157 g/mol. The van der Waals surface area contributed by atoms with E-state index in [2.05, 4.69) is 4.99 Å². The monoisotopic (exact) mass is 157 g/mol. The van der Waals surface area contributed by atoms with E-state index in [0.717, 1.165) is 25.7 Å². The quantitative estimate of drug-likeness (QED) is 0.343. The van der Waals surface area contributed by atoms with E-state index in [1.54, 1.807) is 0 Å². The Kier molecular flexibility index (Phi) is 3.24. The van der Waals surface area contributed by atoms with Crippen molar-refractivity contribution < 1.29 is 9.18 Å². The van der Waals surface area contributed by atoms with Crippen molar-refractivity contribution in [1.29, 1.82) is 0 Å². The molecule has 0 heterocycles. The number of hydrogen-bond acceptors (Lipinski definition) is 2. The van der Waals surface area contributed by atoms with E-state index in [0.29, 0.717) is 0 Å². The normalized spacial score (nSPS) is 22.3. The van der Waals surface area contributed by atoms with Gasteiger partial charge in [-0.15, -0.1) is 0 Å². The van der Waals surface area contributed by atoms with Crippen LogP contribution in [0.4, 0.5) is 4.39 Å². The van der Waals surface area contributed by atoms with Gasteiger partial charge < -0.3 is 0 Å². The smallest absolute Gasteiger partial charge is 0.221 e. The van der Waals surface area contributed by atoms with E-state index >= 15 is 0 Å². The standard InChI is InChI=1S/C8H12FNO/c9-8(10-6-11)7-4-2-1-3-5-7/h7-8H,1-5H2. The van der Waals surface area contributed by atoms with E-state index in [1.807, 2.05) is 0 Å². The van der Waals surface area contributed by atoms with E-state index in [9.17, 15) is 9.18 Å². The summed E-state index contributed by atoms with van der Waals surface area (Å²) < 4.78 is 12.9. The van der Waals surface area contributed by atoms with E-state index in [-0.39, 0.29) is 5.92 Å². The Balaban J connectivity index is 2.38. The zero-order valence-corrected chi connectivity index (χ0v) is 6.42. The Bertz CT molecular complexity index is 159. The molecule has 1 saturated carbocycles. The highest BCUT2D eigenvalue weighted by Crippen LogP contribution is 2.28. The van der Waals surface area contributed by atoms with E-state index in [1.165, 1.54) is 12.5 Å². The molecule has 1 aliphatic carbocycles. The number of halogens is 1. The van der Waals surface area contributed by atoms with Gasteiger partial charge >= 0.3 is 0 Å². The molecule has 1 unspecified atom stereocenters. The van der Waals surface area contributed by atoms with Crippen LogP contribution in [0.3, 0.4) is 0 Å². The van der Waals surface area contributed by atoms with Crippen LogP contribution in [0, 0.1) is 5.92 Å². The summed E-state index contributed by atoms with van der Waals surface area (Å²) in [6, 6.07) is 0. The molecule has 0 bridgehead atoms. The van der Waals surface area contributed by atoms with Gasteiger partial charge in [0.05, 0.1) is 0 Å². The first-order chi connectivity index (χ1) is 5.34. The van der Waals surface area contributed by atoms with Gasteiger partial charge in [0.25, 0.3) is 0 Å². The Morgan fingerprint density at radius 3 is 2.55 bits per heavy atom. The molecule has 2 nitrogen and oxygen atoms in total. The summed E-state index contributed by atoms with van der Waals surface area (Å²) in [5.74, 6) is -0.0230. The van der Waals surface area contributed by atoms with Crippen LogP contribution in [-0.4, -0.2) is 12.4 Å². The molecule has 0 saturated heterocycles.